The Balaban J connectivity index is 2.05. The highest BCUT2D eigenvalue weighted by Gasteiger charge is 2.35. The molecule has 1 unspecified atom stereocenters. The SMILES string of the molecule is CC(C)c1ccc(C(F)(F)CC2CCCCN2)cc1. The Bertz CT molecular complexity index is 392. The van der Waals surface area contributed by atoms with Crippen LogP contribution in [0.4, 0.5) is 8.78 Å². The van der Waals surface area contributed by atoms with Crippen LogP contribution in [0.2, 0.25) is 0 Å². The lowest BCUT2D eigenvalue weighted by molar-refractivity contribution is -0.0253. The van der Waals surface area contributed by atoms with Crippen LogP contribution in [-0.2, 0) is 5.92 Å². The van der Waals surface area contributed by atoms with Gasteiger partial charge in [-0.15, -0.1) is 0 Å². The first kappa shape index (κ1) is 14.4. The molecule has 0 amide bonds. The van der Waals surface area contributed by atoms with E-state index in [-0.39, 0.29) is 18.0 Å². The van der Waals surface area contributed by atoms with E-state index in [2.05, 4.69) is 19.2 Å². The average molecular weight is 267 g/mol. The second-order valence-corrected chi connectivity index (χ2v) is 5.83. The van der Waals surface area contributed by atoms with E-state index >= 15 is 0 Å². The zero-order chi connectivity index (χ0) is 13.9. The molecular formula is C16H23F2N. The second kappa shape index (κ2) is 6.00. The third-order valence-electron chi connectivity index (χ3n) is 3.91. The highest BCUT2D eigenvalue weighted by molar-refractivity contribution is 5.27. The van der Waals surface area contributed by atoms with Gasteiger partial charge >= 0.3 is 0 Å². The second-order valence-electron chi connectivity index (χ2n) is 5.83. The monoisotopic (exact) mass is 267 g/mol. The normalized spacial score (nSPS) is 20.8. The molecule has 1 aromatic carbocycles. The summed E-state index contributed by atoms with van der Waals surface area (Å²) in [7, 11) is 0. The molecule has 1 saturated heterocycles. The summed E-state index contributed by atoms with van der Waals surface area (Å²) >= 11 is 0. The molecule has 1 heterocycles. The van der Waals surface area contributed by atoms with Crippen LogP contribution in [0.1, 0.15) is 56.6 Å². The molecule has 0 aliphatic carbocycles. The molecule has 0 bridgehead atoms. The molecule has 0 saturated carbocycles. The minimum Gasteiger partial charge on any atom is -0.314 e. The highest BCUT2D eigenvalue weighted by atomic mass is 19.3. The lowest BCUT2D eigenvalue weighted by atomic mass is 9.93. The van der Waals surface area contributed by atoms with Crippen molar-refractivity contribution in [1.29, 1.82) is 0 Å². The van der Waals surface area contributed by atoms with Crippen LogP contribution in [-0.4, -0.2) is 12.6 Å². The van der Waals surface area contributed by atoms with E-state index in [4.69, 9.17) is 0 Å². The van der Waals surface area contributed by atoms with E-state index in [0.717, 1.165) is 31.4 Å². The summed E-state index contributed by atoms with van der Waals surface area (Å²) in [4.78, 5) is 0. The first-order chi connectivity index (χ1) is 8.99. The van der Waals surface area contributed by atoms with Crippen LogP contribution in [0.15, 0.2) is 24.3 Å². The number of halogens is 2. The fourth-order valence-electron chi connectivity index (χ4n) is 2.64. The molecule has 2 rings (SSSR count). The molecule has 1 aliphatic heterocycles. The van der Waals surface area contributed by atoms with Crippen LogP contribution < -0.4 is 5.32 Å². The van der Waals surface area contributed by atoms with Gasteiger partial charge in [-0.05, 0) is 30.9 Å². The lowest BCUT2D eigenvalue weighted by Crippen LogP contribution is -2.37. The van der Waals surface area contributed by atoms with Crippen molar-refractivity contribution in [3.63, 3.8) is 0 Å². The van der Waals surface area contributed by atoms with Crippen molar-refractivity contribution in [2.45, 2.75) is 57.4 Å². The van der Waals surface area contributed by atoms with Crippen molar-refractivity contribution in [2.24, 2.45) is 0 Å². The van der Waals surface area contributed by atoms with Gasteiger partial charge in [-0.25, -0.2) is 8.78 Å². The summed E-state index contributed by atoms with van der Waals surface area (Å²) in [5.74, 6) is -2.35. The van der Waals surface area contributed by atoms with E-state index < -0.39 is 5.92 Å². The number of hydrogen-bond acceptors (Lipinski definition) is 1. The Labute approximate surface area is 114 Å². The van der Waals surface area contributed by atoms with Crippen molar-refractivity contribution < 1.29 is 8.78 Å². The molecule has 0 aromatic heterocycles. The quantitative estimate of drug-likeness (QED) is 0.850. The molecule has 1 aromatic rings. The van der Waals surface area contributed by atoms with Gasteiger partial charge in [-0.3, -0.25) is 0 Å². The van der Waals surface area contributed by atoms with Crippen molar-refractivity contribution >= 4 is 0 Å². The van der Waals surface area contributed by atoms with Crippen LogP contribution in [0.3, 0.4) is 0 Å². The third-order valence-corrected chi connectivity index (χ3v) is 3.91. The zero-order valence-corrected chi connectivity index (χ0v) is 11.8. The van der Waals surface area contributed by atoms with Gasteiger partial charge in [0.05, 0.1) is 0 Å². The first-order valence-electron chi connectivity index (χ1n) is 7.20. The van der Waals surface area contributed by atoms with Gasteiger partial charge in [-0.1, -0.05) is 44.5 Å². The van der Waals surface area contributed by atoms with Crippen LogP contribution in [0.25, 0.3) is 0 Å². The van der Waals surface area contributed by atoms with Crippen molar-refractivity contribution in [3.05, 3.63) is 35.4 Å². The first-order valence-corrected chi connectivity index (χ1v) is 7.20. The van der Waals surface area contributed by atoms with E-state index in [9.17, 15) is 8.78 Å². The standard InChI is InChI=1S/C16H23F2N/c1-12(2)13-6-8-14(9-7-13)16(17,18)11-15-5-3-4-10-19-15/h6-9,12,15,19H,3-5,10-11H2,1-2H3. The molecule has 0 spiro atoms. The van der Waals surface area contributed by atoms with Gasteiger partial charge in [0.25, 0.3) is 5.92 Å². The zero-order valence-electron chi connectivity index (χ0n) is 11.8. The maximum absolute atomic E-state index is 14.2. The summed E-state index contributed by atoms with van der Waals surface area (Å²) in [5, 5.41) is 3.19. The minimum absolute atomic E-state index is 0.0477. The van der Waals surface area contributed by atoms with E-state index in [0.29, 0.717) is 5.92 Å². The Kier molecular flexibility index (Phi) is 4.56. The number of benzene rings is 1. The summed E-state index contributed by atoms with van der Waals surface area (Å²) < 4.78 is 28.5. The number of piperidine rings is 1. The number of alkyl halides is 2. The van der Waals surface area contributed by atoms with Crippen LogP contribution >= 0.6 is 0 Å². The lowest BCUT2D eigenvalue weighted by Gasteiger charge is -2.28. The smallest absolute Gasteiger partial charge is 0.274 e. The van der Waals surface area contributed by atoms with Gasteiger partial charge in [0.15, 0.2) is 0 Å². The Morgan fingerprint density at radius 2 is 1.89 bits per heavy atom. The summed E-state index contributed by atoms with van der Waals surface area (Å²) in [6, 6.07) is 6.76. The largest absolute Gasteiger partial charge is 0.314 e. The minimum atomic E-state index is -2.73. The van der Waals surface area contributed by atoms with Gasteiger partial charge in [0, 0.05) is 18.0 Å². The molecule has 1 fully saturated rings. The molecule has 1 aliphatic rings. The van der Waals surface area contributed by atoms with Crippen LogP contribution in [0, 0.1) is 0 Å². The molecule has 106 valence electrons. The highest BCUT2D eigenvalue weighted by Crippen LogP contribution is 2.35. The fraction of sp³-hybridized carbons (Fsp3) is 0.625. The molecular weight excluding hydrogens is 244 g/mol. The Hall–Kier alpha value is -0.960. The Morgan fingerprint density at radius 1 is 1.21 bits per heavy atom. The predicted molar refractivity (Wildman–Crippen MR) is 74.7 cm³/mol. The molecule has 1 atom stereocenters. The maximum atomic E-state index is 14.2. The summed E-state index contributed by atoms with van der Waals surface area (Å²) in [5.41, 5.74) is 1.25. The number of rotatable bonds is 4. The molecule has 3 heteroatoms. The van der Waals surface area contributed by atoms with E-state index in [1.165, 1.54) is 0 Å². The van der Waals surface area contributed by atoms with E-state index in [1.54, 1.807) is 12.1 Å². The predicted octanol–water partition coefficient (Wildman–Crippen LogP) is 4.43. The van der Waals surface area contributed by atoms with Gasteiger partial charge < -0.3 is 5.32 Å². The summed E-state index contributed by atoms with van der Waals surface area (Å²) in [6.07, 6.45) is 2.93. The number of nitrogens with one attached hydrogen (secondary N) is 1. The molecule has 19 heavy (non-hydrogen) atoms. The van der Waals surface area contributed by atoms with E-state index in [1.807, 2.05) is 12.1 Å². The van der Waals surface area contributed by atoms with Crippen molar-refractivity contribution in [3.8, 4) is 0 Å². The molecule has 1 nitrogen and oxygen atoms in total. The Morgan fingerprint density at radius 3 is 2.42 bits per heavy atom. The average Bonchev–Trinajstić information content (AvgIpc) is 2.39. The maximum Gasteiger partial charge on any atom is 0.274 e. The number of hydrogen-bond donors (Lipinski definition) is 1. The van der Waals surface area contributed by atoms with Gasteiger partial charge in [-0.2, -0.15) is 0 Å². The molecule has 1 N–H and O–H groups in total. The van der Waals surface area contributed by atoms with Crippen molar-refractivity contribution in [2.75, 3.05) is 6.54 Å². The van der Waals surface area contributed by atoms with Crippen molar-refractivity contribution in [1.82, 2.24) is 5.32 Å². The van der Waals surface area contributed by atoms with Gasteiger partial charge in [0.2, 0.25) is 0 Å². The fourth-order valence-corrected chi connectivity index (χ4v) is 2.64. The van der Waals surface area contributed by atoms with Gasteiger partial charge in [0.1, 0.15) is 0 Å². The topological polar surface area (TPSA) is 12.0 Å². The summed E-state index contributed by atoms with van der Waals surface area (Å²) in [6.45, 7) is 5.01. The van der Waals surface area contributed by atoms with Crippen LogP contribution in [0.5, 0.6) is 0 Å². The third kappa shape index (κ3) is 3.75. The molecule has 0 radical (unpaired) electrons.